The molecule has 0 fully saturated rings. The number of carbonyl (C=O) groups is 1. The summed E-state index contributed by atoms with van der Waals surface area (Å²) in [5, 5.41) is 7.30. The van der Waals surface area contributed by atoms with E-state index in [-0.39, 0.29) is 5.91 Å². The van der Waals surface area contributed by atoms with Gasteiger partial charge in [0, 0.05) is 18.8 Å². The molecule has 5 nitrogen and oxygen atoms in total. The number of aromatic nitrogens is 2. The van der Waals surface area contributed by atoms with Crippen molar-refractivity contribution < 1.29 is 9.53 Å². The van der Waals surface area contributed by atoms with Gasteiger partial charge in [-0.05, 0) is 31.2 Å². The number of carbonyl (C=O) groups excluding carboxylic acids is 1. The molecule has 0 aliphatic carbocycles. The molecule has 122 valence electrons. The molecule has 1 aromatic heterocycles. The van der Waals surface area contributed by atoms with Crippen molar-refractivity contribution in [2.45, 2.75) is 6.92 Å². The number of ether oxygens (including phenoxy) is 1. The van der Waals surface area contributed by atoms with Crippen molar-refractivity contribution >= 4 is 5.91 Å². The molecule has 0 radical (unpaired) electrons. The molecule has 24 heavy (non-hydrogen) atoms. The van der Waals surface area contributed by atoms with Gasteiger partial charge in [-0.3, -0.25) is 4.79 Å². The standard InChI is InChI=1S/C19H19N3O2/c1-13-7-9-15(10-8-13)22-12-17(19(23)20-2)18(21-22)14-5-4-6-16(11-14)24-3/h4-12H,1-3H3,(H,20,23). The second kappa shape index (κ2) is 6.58. The number of aryl methyl sites for hydroxylation is 1. The summed E-state index contributed by atoms with van der Waals surface area (Å²) in [6.45, 7) is 2.03. The number of amides is 1. The fraction of sp³-hybridized carbons (Fsp3) is 0.158. The molecule has 3 rings (SSSR count). The smallest absolute Gasteiger partial charge is 0.254 e. The lowest BCUT2D eigenvalue weighted by molar-refractivity contribution is 0.0963. The highest BCUT2D eigenvalue weighted by atomic mass is 16.5. The molecule has 3 aromatic rings. The zero-order valence-corrected chi connectivity index (χ0v) is 13.9. The Morgan fingerprint density at radius 1 is 1.17 bits per heavy atom. The highest BCUT2D eigenvalue weighted by Crippen LogP contribution is 2.27. The lowest BCUT2D eigenvalue weighted by Crippen LogP contribution is -2.17. The van der Waals surface area contributed by atoms with Gasteiger partial charge in [0.2, 0.25) is 0 Å². The molecule has 1 heterocycles. The number of nitrogens with one attached hydrogen (secondary N) is 1. The molecule has 0 saturated heterocycles. The molecular formula is C19H19N3O2. The topological polar surface area (TPSA) is 56.2 Å². The van der Waals surface area contributed by atoms with Crippen LogP contribution < -0.4 is 10.1 Å². The predicted octanol–water partition coefficient (Wildman–Crippen LogP) is 3.22. The number of nitrogens with zero attached hydrogens (tertiary/aromatic N) is 2. The molecule has 0 atom stereocenters. The summed E-state index contributed by atoms with van der Waals surface area (Å²) in [5.74, 6) is 0.548. The Kier molecular flexibility index (Phi) is 4.33. The maximum absolute atomic E-state index is 12.3. The van der Waals surface area contributed by atoms with Crippen LogP contribution in [-0.2, 0) is 0 Å². The van der Waals surface area contributed by atoms with Gasteiger partial charge in [-0.15, -0.1) is 0 Å². The largest absolute Gasteiger partial charge is 0.497 e. The van der Waals surface area contributed by atoms with Crippen molar-refractivity contribution in [3.8, 4) is 22.7 Å². The Labute approximate surface area is 140 Å². The van der Waals surface area contributed by atoms with Gasteiger partial charge in [0.05, 0.1) is 18.4 Å². The Morgan fingerprint density at radius 3 is 2.58 bits per heavy atom. The van der Waals surface area contributed by atoms with Crippen LogP contribution in [0.15, 0.2) is 54.7 Å². The number of methoxy groups -OCH3 is 1. The summed E-state index contributed by atoms with van der Waals surface area (Å²) >= 11 is 0. The van der Waals surface area contributed by atoms with Crippen LogP contribution in [-0.4, -0.2) is 29.8 Å². The van der Waals surface area contributed by atoms with Crippen LogP contribution in [0.4, 0.5) is 0 Å². The Morgan fingerprint density at radius 2 is 1.92 bits per heavy atom. The molecule has 0 aliphatic rings. The molecule has 1 amide bonds. The van der Waals surface area contributed by atoms with Crippen LogP contribution in [0.25, 0.3) is 16.9 Å². The van der Waals surface area contributed by atoms with Gasteiger partial charge in [-0.1, -0.05) is 29.8 Å². The molecule has 2 aromatic carbocycles. The summed E-state index contributed by atoms with van der Waals surface area (Å²) in [7, 11) is 3.23. The van der Waals surface area contributed by atoms with Crippen molar-refractivity contribution in [1.82, 2.24) is 15.1 Å². The SMILES string of the molecule is CNC(=O)c1cn(-c2ccc(C)cc2)nc1-c1cccc(OC)c1. The van der Waals surface area contributed by atoms with E-state index >= 15 is 0 Å². The van der Waals surface area contributed by atoms with Gasteiger partial charge >= 0.3 is 0 Å². The van der Waals surface area contributed by atoms with Crippen LogP contribution in [0, 0.1) is 6.92 Å². The van der Waals surface area contributed by atoms with E-state index in [0.29, 0.717) is 11.3 Å². The number of benzene rings is 2. The van der Waals surface area contributed by atoms with Crippen molar-refractivity contribution in [1.29, 1.82) is 0 Å². The lowest BCUT2D eigenvalue weighted by atomic mass is 10.1. The van der Waals surface area contributed by atoms with E-state index in [1.165, 1.54) is 5.56 Å². The van der Waals surface area contributed by atoms with Gasteiger partial charge in [0.1, 0.15) is 11.4 Å². The number of hydrogen-bond donors (Lipinski definition) is 1. The average Bonchev–Trinajstić information content (AvgIpc) is 3.07. The summed E-state index contributed by atoms with van der Waals surface area (Å²) < 4.78 is 6.99. The fourth-order valence-corrected chi connectivity index (χ4v) is 2.49. The van der Waals surface area contributed by atoms with Gasteiger partial charge in [-0.2, -0.15) is 5.10 Å². The fourth-order valence-electron chi connectivity index (χ4n) is 2.49. The van der Waals surface area contributed by atoms with Crippen LogP contribution in [0.1, 0.15) is 15.9 Å². The quantitative estimate of drug-likeness (QED) is 0.803. The third-order valence-corrected chi connectivity index (χ3v) is 3.83. The average molecular weight is 321 g/mol. The van der Waals surface area contributed by atoms with E-state index in [9.17, 15) is 4.79 Å². The van der Waals surface area contributed by atoms with Crippen molar-refractivity contribution in [3.63, 3.8) is 0 Å². The maximum Gasteiger partial charge on any atom is 0.254 e. The zero-order chi connectivity index (χ0) is 17.1. The number of hydrogen-bond acceptors (Lipinski definition) is 3. The van der Waals surface area contributed by atoms with Crippen LogP contribution in [0.3, 0.4) is 0 Å². The Hall–Kier alpha value is -3.08. The number of rotatable bonds is 4. The minimum atomic E-state index is -0.175. The zero-order valence-electron chi connectivity index (χ0n) is 13.9. The van der Waals surface area contributed by atoms with E-state index < -0.39 is 0 Å². The van der Waals surface area contributed by atoms with Crippen LogP contribution >= 0.6 is 0 Å². The molecule has 5 heteroatoms. The van der Waals surface area contributed by atoms with E-state index in [2.05, 4.69) is 10.4 Å². The monoisotopic (exact) mass is 321 g/mol. The molecule has 0 bridgehead atoms. The lowest BCUT2D eigenvalue weighted by Gasteiger charge is -2.04. The van der Waals surface area contributed by atoms with Crippen molar-refractivity contribution in [3.05, 3.63) is 65.9 Å². The predicted molar refractivity (Wildman–Crippen MR) is 93.7 cm³/mol. The summed E-state index contributed by atoms with van der Waals surface area (Å²) in [4.78, 5) is 12.3. The van der Waals surface area contributed by atoms with Gasteiger partial charge < -0.3 is 10.1 Å². The first-order valence-electron chi connectivity index (χ1n) is 7.65. The van der Waals surface area contributed by atoms with Crippen molar-refractivity contribution in [2.75, 3.05) is 14.2 Å². The van der Waals surface area contributed by atoms with E-state index in [0.717, 1.165) is 17.0 Å². The third-order valence-electron chi connectivity index (χ3n) is 3.83. The Bertz CT molecular complexity index is 867. The normalized spacial score (nSPS) is 10.5. The van der Waals surface area contributed by atoms with Crippen molar-refractivity contribution in [2.24, 2.45) is 0 Å². The molecule has 0 spiro atoms. The minimum Gasteiger partial charge on any atom is -0.497 e. The first-order valence-corrected chi connectivity index (χ1v) is 7.65. The summed E-state index contributed by atoms with van der Waals surface area (Å²) in [5.41, 5.74) is 4.05. The minimum absolute atomic E-state index is 0.175. The molecule has 1 N–H and O–H groups in total. The molecule has 0 unspecified atom stereocenters. The van der Waals surface area contributed by atoms with Crippen LogP contribution in [0.2, 0.25) is 0 Å². The second-order valence-electron chi connectivity index (χ2n) is 5.48. The first-order chi connectivity index (χ1) is 11.6. The van der Waals surface area contributed by atoms with Crippen LogP contribution in [0.5, 0.6) is 5.75 Å². The van der Waals surface area contributed by atoms with Gasteiger partial charge in [0.15, 0.2) is 0 Å². The van der Waals surface area contributed by atoms with E-state index in [4.69, 9.17) is 4.74 Å². The highest BCUT2D eigenvalue weighted by molar-refractivity contribution is 5.99. The maximum atomic E-state index is 12.3. The first kappa shape index (κ1) is 15.8. The Balaban J connectivity index is 2.13. The van der Waals surface area contributed by atoms with E-state index in [1.807, 2.05) is 55.5 Å². The molecule has 0 saturated carbocycles. The summed E-state index contributed by atoms with van der Waals surface area (Å²) in [6.07, 6.45) is 1.75. The second-order valence-corrected chi connectivity index (χ2v) is 5.48. The molecular weight excluding hydrogens is 302 g/mol. The third kappa shape index (κ3) is 3.01. The molecule has 0 aliphatic heterocycles. The van der Waals surface area contributed by atoms with Gasteiger partial charge in [-0.25, -0.2) is 4.68 Å². The van der Waals surface area contributed by atoms with E-state index in [1.54, 1.807) is 25.0 Å². The summed E-state index contributed by atoms with van der Waals surface area (Å²) in [6, 6.07) is 15.5. The van der Waals surface area contributed by atoms with Gasteiger partial charge in [0.25, 0.3) is 5.91 Å². The highest BCUT2D eigenvalue weighted by Gasteiger charge is 2.18.